The summed E-state index contributed by atoms with van der Waals surface area (Å²) in [4.78, 5) is 14.8. The number of nitrogens with zero attached hydrogens (tertiary/aromatic N) is 2. The third kappa shape index (κ3) is 4.88. The maximum absolute atomic E-state index is 13.4. The van der Waals surface area contributed by atoms with E-state index in [9.17, 15) is 9.18 Å². The molecule has 4 rings (SSSR count). The third-order valence-electron chi connectivity index (χ3n) is 4.91. The molecular weight excluding hydrogens is 373 g/mol. The highest BCUT2D eigenvalue weighted by Gasteiger charge is 2.16. The molecule has 0 spiro atoms. The molecule has 2 aromatic carbocycles. The molecule has 0 radical (unpaired) electrons. The number of morpholine rings is 1. The van der Waals surface area contributed by atoms with Crippen molar-refractivity contribution >= 4 is 5.91 Å². The largest absolute Gasteiger partial charge is 0.379 e. The van der Waals surface area contributed by atoms with E-state index in [0.29, 0.717) is 17.8 Å². The van der Waals surface area contributed by atoms with Gasteiger partial charge in [0.1, 0.15) is 11.5 Å². The molecule has 1 aromatic heterocycles. The molecular formula is C22H22FN3O3. The van der Waals surface area contributed by atoms with Gasteiger partial charge in [-0.2, -0.15) is 0 Å². The van der Waals surface area contributed by atoms with Gasteiger partial charge in [-0.1, -0.05) is 41.6 Å². The van der Waals surface area contributed by atoms with Crippen LogP contribution >= 0.6 is 0 Å². The van der Waals surface area contributed by atoms with Crippen LogP contribution in [0.1, 0.15) is 21.7 Å². The summed E-state index contributed by atoms with van der Waals surface area (Å²) >= 11 is 0. The number of rotatable bonds is 6. The summed E-state index contributed by atoms with van der Waals surface area (Å²) in [6, 6.07) is 15.6. The first-order chi connectivity index (χ1) is 14.2. The van der Waals surface area contributed by atoms with E-state index in [4.69, 9.17) is 9.26 Å². The van der Waals surface area contributed by atoms with Crippen LogP contribution in [-0.2, 0) is 17.8 Å². The summed E-state index contributed by atoms with van der Waals surface area (Å²) in [5.41, 5.74) is 3.20. The molecule has 0 aliphatic carbocycles. The number of amides is 1. The summed E-state index contributed by atoms with van der Waals surface area (Å²) in [5, 5.41) is 6.76. The Balaban J connectivity index is 1.40. The maximum atomic E-state index is 13.4. The molecule has 0 atom stereocenters. The molecule has 1 N–H and O–H groups in total. The monoisotopic (exact) mass is 395 g/mol. The molecule has 1 aliphatic heterocycles. The standard InChI is InChI=1S/C22H22FN3O3/c23-19-7-3-6-16(12-19)20-13-21(29-25-20)22(27)24-14-17-4-1-2-5-18(17)15-26-8-10-28-11-9-26/h1-7,12-13H,8-11,14-15H2,(H,24,27). The number of hydrogen-bond donors (Lipinski definition) is 1. The Bertz CT molecular complexity index is 983. The van der Waals surface area contributed by atoms with E-state index in [1.54, 1.807) is 12.1 Å². The summed E-state index contributed by atoms with van der Waals surface area (Å²) in [6.45, 7) is 4.51. The second-order valence-electron chi connectivity index (χ2n) is 6.93. The molecule has 2 heterocycles. The Kier molecular flexibility index (Phi) is 5.97. The number of hydrogen-bond acceptors (Lipinski definition) is 5. The van der Waals surface area contributed by atoms with Crippen LogP contribution < -0.4 is 5.32 Å². The minimum Gasteiger partial charge on any atom is -0.379 e. The first-order valence-corrected chi connectivity index (χ1v) is 9.57. The van der Waals surface area contributed by atoms with E-state index in [-0.39, 0.29) is 17.5 Å². The molecule has 1 fully saturated rings. The minimum atomic E-state index is -0.367. The number of halogens is 1. The van der Waals surface area contributed by atoms with Crippen LogP contribution in [0, 0.1) is 5.82 Å². The smallest absolute Gasteiger partial charge is 0.290 e. The lowest BCUT2D eigenvalue weighted by Crippen LogP contribution is -2.36. The number of ether oxygens (including phenoxy) is 1. The van der Waals surface area contributed by atoms with Gasteiger partial charge in [-0.15, -0.1) is 0 Å². The molecule has 7 heteroatoms. The Labute approximate surface area is 168 Å². The lowest BCUT2D eigenvalue weighted by Gasteiger charge is -2.27. The zero-order valence-corrected chi connectivity index (χ0v) is 15.9. The van der Waals surface area contributed by atoms with Gasteiger partial charge in [0.2, 0.25) is 5.76 Å². The average molecular weight is 395 g/mol. The Morgan fingerprint density at radius 1 is 1.07 bits per heavy atom. The van der Waals surface area contributed by atoms with Crippen LogP contribution in [0.2, 0.25) is 0 Å². The SMILES string of the molecule is O=C(NCc1ccccc1CN1CCOCC1)c1cc(-c2cccc(F)c2)no1. The normalized spacial score (nSPS) is 14.7. The number of aromatic nitrogens is 1. The van der Waals surface area contributed by atoms with Crippen molar-refractivity contribution in [2.45, 2.75) is 13.1 Å². The van der Waals surface area contributed by atoms with Gasteiger partial charge >= 0.3 is 0 Å². The van der Waals surface area contributed by atoms with Gasteiger partial charge < -0.3 is 14.6 Å². The zero-order valence-electron chi connectivity index (χ0n) is 15.9. The third-order valence-corrected chi connectivity index (χ3v) is 4.91. The van der Waals surface area contributed by atoms with Gasteiger partial charge in [-0.25, -0.2) is 4.39 Å². The Hall–Kier alpha value is -3.03. The number of carbonyl (C=O) groups excluding carboxylic acids is 1. The van der Waals surface area contributed by atoms with E-state index in [1.807, 2.05) is 18.2 Å². The van der Waals surface area contributed by atoms with Gasteiger partial charge in [0.05, 0.1) is 13.2 Å². The second kappa shape index (κ2) is 8.98. The van der Waals surface area contributed by atoms with E-state index >= 15 is 0 Å². The second-order valence-corrected chi connectivity index (χ2v) is 6.93. The lowest BCUT2D eigenvalue weighted by molar-refractivity contribution is 0.0340. The van der Waals surface area contributed by atoms with Crippen molar-refractivity contribution in [1.29, 1.82) is 0 Å². The molecule has 6 nitrogen and oxygen atoms in total. The van der Waals surface area contributed by atoms with E-state index in [2.05, 4.69) is 21.4 Å². The number of benzene rings is 2. The fourth-order valence-corrected chi connectivity index (χ4v) is 3.31. The first-order valence-electron chi connectivity index (χ1n) is 9.57. The molecule has 0 unspecified atom stereocenters. The van der Waals surface area contributed by atoms with E-state index in [0.717, 1.165) is 38.4 Å². The quantitative estimate of drug-likeness (QED) is 0.694. The summed E-state index contributed by atoms with van der Waals surface area (Å²) < 4.78 is 23.9. The van der Waals surface area contributed by atoms with Gasteiger partial charge in [0, 0.05) is 37.8 Å². The highest BCUT2D eigenvalue weighted by atomic mass is 19.1. The lowest BCUT2D eigenvalue weighted by atomic mass is 10.1. The van der Waals surface area contributed by atoms with Gasteiger partial charge in [-0.3, -0.25) is 9.69 Å². The first kappa shape index (κ1) is 19.3. The van der Waals surface area contributed by atoms with Gasteiger partial charge in [-0.05, 0) is 23.3 Å². The predicted molar refractivity (Wildman–Crippen MR) is 106 cm³/mol. The number of nitrogens with one attached hydrogen (secondary N) is 1. The maximum Gasteiger partial charge on any atom is 0.290 e. The summed E-state index contributed by atoms with van der Waals surface area (Å²) in [6.07, 6.45) is 0. The van der Waals surface area contributed by atoms with E-state index < -0.39 is 0 Å². The van der Waals surface area contributed by atoms with Crippen LogP contribution in [0.4, 0.5) is 4.39 Å². The minimum absolute atomic E-state index is 0.0925. The summed E-state index contributed by atoms with van der Waals surface area (Å²) in [5.74, 6) is -0.635. The molecule has 3 aromatic rings. The Morgan fingerprint density at radius 3 is 2.66 bits per heavy atom. The molecule has 1 amide bonds. The topological polar surface area (TPSA) is 67.6 Å². The predicted octanol–water partition coefficient (Wildman–Crippen LogP) is 3.24. The van der Waals surface area contributed by atoms with Crippen LogP contribution in [0.25, 0.3) is 11.3 Å². The molecule has 29 heavy (non-hydrogen) atoms. The Morgan fingerprint density at radius 2 is 1.86 bits per heavy atom. The molecule has 0 bridgehead atoms. The molecule has 1 saturated heterocycles. The highest BCUT2D eigenvalue weighted by molar-refractivity contribution is 5.92. The zero-order chi connectivity index (χ0) is 20.1. The van der Waals surface area contributed by atoms with Crippen LogP contribution in [0.15, 0.2) is 59.1 Å². The van der Waals surface area contributed by atoms with Crippen molar-refractivity contribution in [1.82, 2.24) is 15.4 Å². The van der Waals surface area contributed by atoms with Crippen LogP contribution in [0.5, 0.6) is 0 Å². The van der Waals surface area contributed by atoms with Crippen LogP contribution in [0.3, 0.4) is 0 Å². The van der Waals surface area contributed by atoms with E-state index in [1.165, 1.54) is 23.8 Å². The van der Waals surface area contributed by atoms with Gasteiger partial charge in [0.15, 0.2) is 0 Å². The van der Waals surface area contributed by atoms with Crippen molar-refractivity contribution in [3.8, 4) is 11.3 Å². The average Bonchev–Trinajstić information content (AvgIpc) is 3.24. The van der Waals surface area contributed by atoms with Crippen molar-refractivity contribution in [3.05, 3.63) is 77.3 Å². The highest BCUT2D eigenvalue weighted by Crippen LogP contribution is 2.20. The van der Waals surface area contributed by atoms with Gasteiger partial charge in [0.25, 0.3) is 5.91 Å². The van der Waals surface area contributed by atoms with Crippen LogP contribution in [-0.4, -0.2) is 42.3 Å². The molecule has 0 saturated carbocycles. The fourth-order valence-electron chi connectivity index (χ4n) is 3.31. The fraction of sp³-hybridized carbons (Fsp3) is 0.273. The summed E-state index contributed by atoms with van der Waals surface area (Å²) in [7, 11) is 0. The van der Waals surface area contributed by atoms with Crippen molar-refractivity contribution in [3.63, 3.8) is 0 Å². The van der Waals surface area contributed by atoms with Crippen molar-refractivity contribution < 1.29 is 18.4 Å². The van der Waals surface area contributed by atoms with Crippen molar-refractivity contribution in [2.24, 2.45) is 0 Å². The molecule has 150 valence electrons. The molecule has 1 aliphatic rings. The number of carbonyl (C=O) groups is 1. The van der Waals surface area contributed by atoms with Crippen molar-refractivity contribution in [2.75, 3.05) is 26.3 Å².